The van der Waals surface area contributed by atoms with Crippen LogP contribution in [-0.4, -0.2) is 30.1 Å². The summed E-state index contributed by atoms with van der Waals surface area (Å²) in [5.74, 6) is 0.436. The van der Waals surface area contributed by atoms with Crippen molar-refractivity contribution in [3.8, 4) is 0 Å². The van der Waals surface area contributed by atoms with E-state index < -0.39 is 0 Å². The third-order valence-corrected chi connectivity index (χ3v) is 5.64. The fraction of sp³-hybridized carbons (Fsp3) is 0.474. The Labute approximate surface area is 156 Å². The van der Waals surface area contributed by atoms with E-state index in [1.807, 2.05) is 18.2 Å². The van der Waals surface area contributed by atoms with Crippen molar-refractivity contribution < 1.29 is 9.59 Å². The average Bonchev–Trinajstić information content (AvgIpc) is 2.83. The molecule has 25 heavy (non-hydrogen) atoms. The molecule has 1 heterocycles. The normalized spacial score (nSPS) is 15.8. The number of amides is 2. The third kappa shape index (κ3) is 3.89. The highest BCUT2D eigenvalue weighted by atomic mass is 79.9. The molecule has 1 saturated carbocycles. The average molecular weight is 406 g/mol. The van der Waals surface area contributed by atoms with Crippen molar-refractivity contribution in [2.45, 2.75) is 38.5 Å². The summed E-state index contributed by atoms with van der Waals surface area (Å²) in [6, 6.07) is 5.33. The minimum absolute atomic E-state index is 0.121. The molecule has 0 unspecified atom stereocenters. The van der Waals surface area contributed by atoms with Crippen molar-refractivity contribution in [1.82, 2.24) is 15.2 Å². The molecule has 3 rings (SSSR count). The zero-order valence-corrected chi connectivity index (χ0v) is 16.1. The summed E-state index contributed by atoms with van der Waals surface area (Å²) < 4.78 is 2.30. The summed E-state index contributed by atoms with van der Waals surface area (Å²) in [5.41, 5.74) is 1.24. The smallest absolute Gasteiger partial charge is 0.325 e. The lowest BCUT2D eigenvalue weighted by atomic mass is 10.0. The Balaban J connectivity index is 1.84. The monoisotopic (exact) mass is 405 g/mol. The van der Waals surface area contributed by atoms with Gasteiger partial charge in [0.1, 0.15) is 0 Å². The second-order valence-corrected chi connectivity index (χ2v) is 7.52. The van der Waals surface area contributed by atoms with Crippen molar-refractivity contribution in [3.05, 3.63) is 34.4 Å². The summed E-state index contributed by atoms with van der Waals surface area (Å²) in [6.45, 7) is 0.704. The number of nitrogens with zero attached hydrogens (tertiary/aromatic N) is 1. The van der Waals surface area contributed by atoms with Crippen LogP contribution in [0.1, 0.15) is 48.9 Å². The fourth-order valence-corrected chi connectivity index (χ4v) is 4.17. The number of carbonyl (C=O) groups excluding carboxylic acids is 2. The summed E-state index contributed by atoms with van der Waals surface area (Å²) in [5, 5.41) is 6.46. The van der Waals surface area contributed by atoms with E-state index in [2.05, 4.69) is 26.6 Å². The lowest BCUT2D eigenvalue weighted by Gasteiger charge is -2.14. The van der Waals surface area contributed by atoms with E-state index in [1.165, 1.54) is 43.1 Å². The molecule has 2 aromatic rings. The number of hydrogen-bond acceptors (Lipinski definition) is 2. The van der Waals surface area contributed by atoms with Gasteiger partial charge in [-0.25, -0.2) is 4.79 Å². The summed E-state index contributed by atoms with van der Waals surface area (Å²) in [4.78, 5) is 24.9. The van der Waals surface area contributed by atoms with Gasteiger partial charge < -0.3 is 10.6 Å². The Morgan fingerprint density at radius 1 is 1.20 bits per heavy atom. The molecule has 0 spiro atoms. The number of hydrogen-bond donors (Lipinski definition) is 2. The van der Waals surface area contributed by atoms with E-state index in [4.69, 9.17) is 0 Å². The molecule has 1 fully saturated rings. The molecule has 5 nitrogen and oxygen atoms in total. The van der Waals surface area contributed by atoms with Gasteiger partial charge in [0.2, 0.25) is 0 Å². The first-order valence-electron chi connectivity index (χ1n) is 8.91. The molecule has 2 amide bonds. The van der Waals surface area contributed by atoms with E-state index >= 15 is 0 Å². The van der Waals surface area contributed by atoms with Gasteiger partial charge in [-0.3, -0.25) is 9.36 Å². The Bertz CT molecular complexity index is 776. The van der Waals surface area contributed by atoms with Crippen LogP contribution < -0.4 is 10.6 Å². The van der Waals surface area contributed by atoms with Crippen LogP contribution in [0.25, 0.3) is 10.9 Å². The first-order chi connectivity index (χ1) is 12.1. The SMILES string of the molecule is CNC(=O)n1cc(C(=O)NCC2CCCCCC2)c2c(Br)cccc21. The van der Waals surface area contributed by atoms with Gasteiger partial charge in [0.25, 0.3) is 5.91 Å². The summed E-state index contributed by atoms with van der Waals surface area (Å²) >= 11 is 3.51. The predicted octanol–water partition coefficient (Wildman–Crippen LogP) is 4.29. The van der Waals surface area contributed by atoms with E-state index in [0.29, 0.717) is 23.5 Å². The first-order valence-corrected chi connectivity index (χ1v) is 9.71. The molecule has 1 aliphatic rings. The van der Waals surface area contributed by atoms with E-state index in [-0.39, 0.29) is 11.9 Å². The molecular weight excluding hydrogens is 382 g/mol. The molecule has 0 atom stereocenters. The molecule has 0 radical (unpaired) electrons. The van der Waals surface area contributed by atoms with Gasteiger partial charge in [-0.15, -0.1) is 0 Å². The number of benzene rings is 1. The highest BCUT2D eigenvalue weighted by Crippen LogP contribution is 2.29. The second kappa shape index (κ2) is 8.04. The number of fused-ring (bicyclic) bond motifs is 1. The van der Waals surface area contributed by atoms with E-state index in [1.54, 1.807) is 13.2 Å². The molecular formula is C19H24BrN3O2. The lowest BCUT2D eigenvalue weighted by molar-refractivity contribution is 0.0947. The van der Waals surface area contributed by atoms with Crippen LogP contribution in [0, 0.1) is 5.92 Å². The van der Waals surface area contributed by atoms with E-state index in [9.17, 15) is 9.59 Å². The molecule has 0 bridgehead atoms. The predicted molar refractivity (Wildman–Crippen MR) is 103 cm³/mol. The second-order valence-electron chi connectivity index (χ2n) is 6.67. The summed E-state index contributed by atoms with van der Waals surface area (Å²) in [6.07, 6.45) is 9.10. The van der Waals surface area contributed by atoms with Crippen molar-refractivity contribution in [2.24, 2.45) is 5.92 Å². The maximum absolute atomic E-state index is 12.8. The topological polar surface area (TPSA) is 63.1 Å². The van der Waals surface area contributed by atoms with Crippen LogP contribution in [-0.2, 0) is 0 Å². The lowest BCUT2D eigenvalue weighted by Crippen LogP contribution is -2.29. The van der Waals surface area contributed by atoms with Crippen LogP contribution in [0.3, 0.4) is 0 Å². The maximum atomic E-state index is 12.8. The Hall–Kier alpha value is -1.82. The highest BCUT2D eigenvalue weighted by molar-refractivity contribution is 9.10. The van der Waals surface area contributed by atoms with Gasteiger partial charge in [-0.1, -0.05) is 47.7 Å². The number of carbonyl (C=O) groups is 2. The first kappa shape index (κ1) is 18.0. The number of aromatic nitrogens is 1. The maximum Gasteiger partial charge on any atom is 0.325 e. The van der Waals surface area contributed by atoms with E-state index in [0.717, 1.165) is 9.86 Å². The van der Waals surface area contributed by atoms with Crippen molar-refractivity contribution >= 4 is 38.8 Å². The minimum Gasteiger partial charge on any atom is -0.352 e. The van der Waals surface area contributed by atoms with Crippen LogP contribution >= 0.6 is 15.9 Å². The fourth-order valence-electron chi connectivity index (χ4n) is 3.60. The number of nitrogens with one attached hydrogen (secondary N) is 2. The molecule has 1 aliphatic carbocycles. The molecule has 134 valence electrons. The minimum atomic E-state index is -0.258. The Morgan fingerprint density at radius 3 is 2.60 bits per heavy atom. The van der Waals surface area contributed by atoms with Gasteiger partial charge >= 0.3 is 6.03 Å². The standard InChI is InChI=1S/C19H24BrN3O2/c1-21-19(25)23-12-14(17-15(20)9-6-10-16(17)23)18(24)22-11-13-7-4-2-3-5-8-13/h6,9-10,12-13H,2-5,7-8,11H2,1H3,(H,21,25)(H,22,24). The number of rotatable bonds is 3. The van der Waals surface area contributed by atoms with Crippen LogP contribution in [0.2, 0.25) is 0 Å². The quantitative estimate of drug-likeness (QED) is 0.747. The summed E-state index contributed by atoms with van der Waals surface area (Å²) in [7, 11) is 1.58. The molecule has 6 heteroatoms. The third-order valence-electron chi connectivity index (χ3n) is 4.98. The Morgan fingerprint density at radius 2 is 1.92 bits per heavy atom. The van der Waals surface area contributed by atoms with Crippen molar-refractivity contribution in [2.75, 3.05) is 13.6 Å². The van der Waals surface area contributed by atoms with Gasteiger partial charge in [0.15, 0.2) is 0 Å². The Kier molecular flexibility index (Phi) is 5.78. The zero-order valence-electron chi connectivity index (χ0n) is 14.5. The van der Waals surface area contributed by atoms with Crippen molar-refractivity contribution in [3.63, 3.8) is 0 Å². The van der Waals surface area contributed by atoms with Gasteiger partial charge in [-0.05, 0) is 30.9 Å². The van der Waals surface area contributed by atoms with Gasteiger partial charge in [0.05, 0.1) is 11.1 Å². The van der Waals surface area contributed by atoms with Crippen LogP contribution in [0.4, 0.5) is 4.79 Å². The molecule has 1 aromatic carbocycles. The molecule has 2 N–H and O–H groups in total. The number of halogens is 1. The molecule has 0 aliphatic heterocycles. The van der Waals surface area contributed by atoms with Gasteiger partial charge in [-0.2, -0.15) is 0 Å². The van der Waals surface area contributed by atoms with Crippen LogP contribution in [0.15, 0.2) is 28.9 Å². The molecule has 1 aromatic heterocycles. The zero-order chi connectivity index (χ0) is 17.8. The molecule has 0 saturated heterocycles. The largest absolute Gasteiger partial charge is 0.352 e. The van der Waals surface area contributed by atoms with Crippen molar-refractivity contribution in [1.29, 1.82) is 0 Å². The van der Waals surface area contributed by atoms with Gasteiger partial charge in [0, 0.05) is 29.6 Å². The highest BCUT2D eigenvalue weighted by Gasteiger charge is 2.21. The van der Waals surface area contributed by atoms with Crippen LogP contribution in [0.5, 0.6) is 0 Å².